The number of anilines is 1. The van der Waals surface area contributed by atoms with Gasteiger partial charge < -0.3 is 11.1 Å². The van der Waals surface area contributed by atoms with Crippen molar-refractivity contribution in [3.63, 3.8) is 0 Å². The summed E-state index contributed by atoms with van der Waals surface area (Å²) < 4.78 is 0.945. The average molecular weight is 347 g/mol. The van der Waals surface area contributed by atoms with Gasteiger partial charge in [0, 0.05) is 10.2 Å². The Morgan fingerprint density at radius 2 is 1.90 bits per heavy atom. The van der Waals surface area contributed by atoms with Gasteiger partial charge in [0.25, 0.3) is 0 Å². The largest absolute Gasteiger partial charge is 0.368 e. The first-order valence-corrected chi connectivity index (χ1v) is 7.68. The zero-order chi connectivity index (χ0) is 15.5. The Morgan fingerprint density at radius 3 is 2.43 bits per heavy atom. The topological polar surface area (TPSA) is 55.1 Å². The van der Waals surface area contributed by atoms with Gasteiger partial charge in [-0.1, -0.05) is 53.2 Å². The van der Waals surface area contributed by atoms with Gasteiger partial charge >= 0.3 is 0 Å². The molecule has 0 aliphatic carbocycles. The first kappa shape index (κ1) is 15.6. The van der Waals surface area contributed by atoms with Crippen molar-refractivity contribution in [1.29, 1.82) is 0 Å². The minimum atomic E-state index is -0.951. The molecule has 1 atom stereocenters. The van der Waals surface area contributed by atoms with Crippen LogP contribution in [0.4, 0.5) is 5.69 Å². The fraction of sp³-hybridized carbons (Fsp3) is 0.235. The van der Waals surface area contributed by atoms with E-state index >= 15 is 0 Å². The number of hydrogen-bond acceptors (Lipinski definition) is 2. The van der Waals surface area contributed by atoms with E-state index in [0.29, 0.717) is 0 Å². The molecule has 2 aromatic carbocycles. The van der Waals surface area contributed by atoms with Crippen molar-refractivity contribution in [1.82, 2.24) is 0 Å². The van der Waals surface area contributed by atoms with Gasteiger partial charge in [-0.25, -0.2) is 0 Å². The van der Waals surface area contributed by atoms with Crippen molar-refractivity contribution in [3.05, 3.63) is 64.1 Å². The van der Waals surface area contributed by atoms with E-state index in [-0.39, 0.29) is 0 Å². The quantitative estimate of drug-likeness (QED) is 0.864. The van der Waals surface area contributed by atoms with Crippen LogP contribution < -0.4 is 11.1 Å². The molecule has 0 heterocycles. The molecule has 0 aromatic heterocycles. The van der Waals surface area contributed by atoms with E-state index in [2.05, 4.69) is 28.2 Å². The maximum atomic E-state index is 12.0. The molecule has 0 bridgehead atoms. The summed E-state index contributed by atoms with van der Waals surface area (Å²) in [5.74, 6) is -0.410. The molecule has 3 nitrogen and oxygen atoms in total. The van der Waals surface area contributed by atoms with Crippen molar-refractivity contribution in [2.45, 2.75) is 25.8 Å². The van der Waals surface area contributed by atoms with Gasteiger partial charge in [0.1, 0.15) is 5.54 Å². The molecule has 2 rings (SSSR count). The Morgan fingerprint density at radius 1 is 1.24 bits per heavy atom. The van der Waals surface area contributed by atoms with Gasteiger partial charge in [-0.2, -0.15) is 0 Å². The molecule has 3 N–H and O–H groups in total. The zero-order valence-corrected chi connectivity index (χ0v) is 13.8. The van der Waals surface area contributed by atoms with Crippen LogP contribution in [0.3, 0.4) is 0 Å². The molecule has 1 amide bonds. The van der Waals surface area contributed by atoms with E-state index in [9.17, 15) is 4.79 Å². The minimum absolute atomic E-state index is 0.410. The number of carbonyl (C=O) groups is 1. The second-order valence-corrected chi connectivity index (χ2v) is 6.09. The number of nitrogens with one attached hydrogen (secondary N) is 1. The van der Waals surface area contributed by atoms with Gasteiger partial charge in [-0.05, 0) is 42.7 Å². The van der Waals surface area contributed by atoms with Gasteiger partial charge in [0.2, 0.25) is 5.91 Å². The maximum Gasteiger partial charge on any atom is 0.247 e. The third kappa shape index (κ3) is 3.45. The molecule has 110 valence electrons. The van der Waals surface area contributed by atoms with Crippen LogP contribution in [0, 0.1) is 0 Å². The SMILES string of the molecule is CCc1ccc(C(C)(Nc2cccc(Br)c2)C(N)=O)cc1. The minimum Gasteiger partial charge on any atom is -0.368 e. The van der Waals surface area contributed by atoms with Gasteiger partial charge in [-0.3, -0.25) is 4.79 Å². The van der Waals surface area contributed by atoms with Crippen LogP contribution >= 0.6 is 15.9 Å². The summed E-state index contributed by atoms with van der Waals surface area (Å²) >= 11 is 3.43. The van der Waals surface area contributed by atoms with Crippen molar-refractivity contribution in [3.8, 4) is 0 Å². The van der Waals surface area contributed by atoms with Crippen molar-refractivity contribution < 1.29 is 4.79 Å². The molecule has 2 aromatic rings. The molecule has 0 aliphatic rings. The van der Waals surface area contributed by atoms with Gasteiger partial charge in [0.05, 0.1) is 0 Å². The summed E-state index contributed by atoms with van der Waals surface area (Å²) in [6, 6.07) is 15.6. The van der Waals surface area contributed by atoms with Gasteiger partial charge in [0.15, 0.2) is 0 Å². The van der Waals surface area contributed by atoms with Crippen molar-refractivity contribution >= 4 is 27.5 Å². The molecule has 0 aliphatic heterocycles. The predicted octanol–water partition coefficient (Wildman–Crippen LogP) is 3.82. The van der Waals surface area contributed by atoms with Crippen LogP contribution in [0.5, 0.6) is 0 Å². The highest BCUT2D eigenvalue weighted by Gasteiger charge is 2.33. The van der Waals surface area contributed by atoms with Crippen LogP contribution in [0.2, 0.25) is 0 Å². The van der Waals surface area contributed by atoms with Crippen LogP contribution in [-0.2, 0) is 16.8 Å². The summed E-state index contributed by atoms with van der Waals surface area (Å²) in [6.45, 7) is 3.90. The molecule has 0 radical (unpaired) electrons. The Kier molecular flexibility index (Phi) is 4.68. The highest BCUT2D eigenvalue weighted by atomic mass is 79.9. The molecular weight excluding hydrogens is 328 g/mol. The average Bonchev–Trinajstić information content (AvgIpc) is 2.47. The molecule has 0 saturated heterocycles. The zero-order valence-electron chi connectivity index (χ0n) is 12.2. The summed E-state index contributed by atoms with van der Waals surface area (Å²) in [4.78, 5) is 12.0. The Labute approximate surface area is 133 Å². The van der Waals surface area contributed by atoms with E-state index < -0.39 is 11.4 Å². The fourth-order valence-electron chi connectivity index (χ4n) is 2.20. The Balaban J connectivity index is 2.37. The number of benzene rings is 2. The number of aryl methyl sites for hydroxylation is 1. The smallest absolute Gasteiger partial charge is 0.247 e. The monoisotopic (exact) mass is 346 g/mol. The van der Waals surface area contributed by atoms with Crippen LogP contribution in [0.15, 0.2) is 53.0 Å². The Bertz CT molecular complexity index is 639. The van der Waals surface area contributed by atoms with E-state index in [1.54, 1.807) is 6.92 Å². The first-order valence-electron chi connectivity index (χ1n) is 6.89. The third-order valence-corrected chi connectivity index (χ3v) is 4.14. The van der Waals surface area contributed by atoms with Crippen LogP contribution in [-0.4, -0.2) is 5.91 Å². The number of halogens is 1. The second kappa shape index (κ2) is 6.31. The fourth-order valence-corrected chi connectivity index (χ4v) is 2.60. The molecule has 21 heavy (non-hydrogen) atoms. The highest BCUT2D eigenvalue weighted by Crippen LogP contribution is 2.27. The molecule has 1 unspecified atom stereocenters. The van der Waals surface area contributed by atoms with E-state index in [1.165, 1.54) is 5.56 Å². The number of nitrogens with two attached hydrogens (primary N) is 1. The lowest BCUT2D eigenvalue weighted by atomic mass is 9.90. The van der Waals surface area contributed by atoms with E-state index in [1.807, 2.05) is 48.5 Å². The Hall–Kier alpha value is -1.81. The summed E-state index contributed by atoms with van der Waals surface area (Å²) in [7, 11) is 0. The van der Waals surface area contributed by atoms with Crippen LogP contribution in [0.1, 0.15) is 25.0 Å². The number of primary amides is 1. The van der Waals surface area contributed by atoms with Crippen LogP contribution in [0.25, 0.3) is 0 Å². The summed E-state index contributed by atoms with van der Waals surface area (Å²) in [6.07, 6.45) is 0.965. The van der Waals surface area contributed by atoms with Crippen molar-refractivity contribution in [2.75, 3.05) is 5.32 Å². The molecule has 4 heteroatoms. The normalized spacial score (nSPS) is 13.5. The number of hydrogen-bond donors (Lipinski definition) is 2. The maximum absolute atomic E-state index is 12.0. The predicted molar refractivity (Wildman–Crippen MR) is 90.1 cm³/mol. The molecule has 0 saturated carbocycles. The summed E-state index contributed by atoms with van der Waals surface area (Å²) in [5, 5.41) is 3.24. The number of rotatable bonds is 5. The lowest BCUT2D eigenvalue weighted by Crippen LogP contribution is -2.45. The highest BCUT2D eigenvalue weighted by molar-refractivity contribution is 9.10. The third-order valence-electron chi connectivity index (χ3n) is 3.65. The standard InChI is InChI=1S/C17H19BrN2O/c1-3-12-7-9-13(10-8-12)17(2,16(19)21)20-15-6-4-5-14(18)11-15/h4-11,20H,3H2,1-2H3,(H2,19,21). The first-order chi connectivity index (χ1) is 9.95. The summed E-state index contributed by atoms with van der Waals surface area (Å²) in [5.41, 5.74) is 7.62. The lowest BCUT2D eigenvalue weighted by molar-refractivity contribution is -0.122. The van der Waals surface area contributed by atoms with Gasteiger partial charge in [-0.15, -0.1) is 0 Å². The molecule has 0 spiro atoms. The van der Waals surface area contributed by atoms with E-state index in [4.69, 9.17) is 5.73 Å². The lowest BCUT2D eigenvalue weighted by Gasteiger charge is -2.29. The number of amides is 1. The number of carbonyl (C=O) groups excluding carboxylic acids is 1. The molecule has 0 fully saturated rings. The van der Waals surface area contributed by atoms with Crippen molar-refractivity contribution in [2.24, 2.45) is 5.73 Å². The van der Waals surface area contributed by atoms with E-state index in [0.717, 1.165) is 22.1 Å². The molecular formula is C17H19BrN2O. The second-order valence-electron chi connectivity index (χ2n) is 5.18.